The van der Waals surface area contributed by atoms with E-state index in [4.69, 9.17) is 4.74 Å². The molecule has 1 aromatic heterocycles. The van der Waals surface area contributed by atoms with E-state index in [-0.39, 0.29) is 24.2 Å². The summed E-state index contributed by atoms with van der Waals surface area (Å²) >= 11 is 0. The van der Waals surface area contributed by atoms with Crippen LogP contribution in [-0.4, -0.2) is 58.6 Å². The molecule has 0 aromatic carbocycles. The van der Waals surface area contributed by atoms with Crippen LogP contribution < -0.4 is 0 Å². The second kappa shape index (κ2) is 6.69. The zero-order valence-corrected chi connectivity index (χ0v) is 15.4. The minimum atomic E-state index is -0.153. The van der Waals surface area contributed by atoms with E-state index >= 15 is 0 Å². The number of pyridine rings is 1. The van der Waals surface area contributed by atoms with Crippen LogP contribution in [0.4, 0.5) is 0 Å². The van der Waals surface area contributed by atoms with Crippen LogP contribution in [0.5, 0.6) is 0 Å². The lowest BCUT2D eigenvalue weighted by atomic mass is 9.82. The van der Waals surface area contributed by atoms with E-state index in [1.165, 1.54) is 12.8 Å². The first-order valence-corrected chi connectivity index (χ1v) is 9.64. The predicted molar refractivity (Wildman–Crippen MR) is 96.1 cm³/mol. The molecule has 1 amide bonds. The standard InChI is InChI=1S/C20H29N3O2/c1-15-4-3-5-18(21-15)13-22-10-8-20(9-11-22)16(2)23(12-17-6-7-17)19(24)14-25-20/h3-5,16-17H,6-14H2,1-2H3/t16-/m1/s1. The zero-order chi connectivity index (χ0) is 17.4. The van der Waals surface area contributed by atoms with Crippen LogP contribution in [0, 0.1) is 12.8 Å². The number of carbonyl (C=O) groups excluding carboxylic acids is 1. The summed E-state index contributed by atoms with van der Waals surface area (Å²) in [6.07, 6.45) is 4.55. The van der Waals surface area contributed by atoms with E-state index in [9.17, 15) is 4.79 Å². The Hall–Kier alpha value is -1.46. The first-order valence-electron chi connectivity index (χ1n) is 9.64. The molecule has 2 aliphatic heterocycles. The highest BCUT2D eigenvalue weighted by atomic mass is 16.5. The number of nitrogens with zero attached hydrogens (tertiary/aromatic N) is 3. The van der Waals surface area contributed by atoms with Gasteiger partial charge in [0.2, 0.25) is 5.91 Å². The highest BCUT2D eigenvalue weighted by Crippen LogP contribution is 2.38. The number of amides is 1. The molecule has 0 bridgehead atoms. The molecule has 25 heavy (non-hydrogen) atoms. The van der Waals surface area contributed by atoms with Gasteiger partial charge in [-0.15, -0.1) is 0 Å². The lowest BCUT2D eigenvalue weighted by Crippen LogP contribution is -2.64. The van der Waals surface area contributed by atoms with Crippen molar-refractivity contribution in [3.8, 4) is 0 Å². The maximum Gasteiger partial charge on any atom is 0.248 e. The largest absolute Gasteiger partial charge is 0.363 e. The first-order chi connectivity index (χ1) is 12.1. The molecular formula is C20H29N3O2. The number of hydrogen-bond acceptors (Lipinski definition) is 4. The molecule has 5 nitrogen and oxygen atoms in total. The summed E-state index contributed by atoms with van der Waals surface area (Å²) in [6, 6.07) is 6.41. The third-order valence-electron chi connectivity index (χ3n) is 6.22. The molecule has 0 unspecified atom stereocenters. The van der Waals surface area contributed by atoms with E-state index in [1.807, 2.05) is 13.0 Å². The Labute approximate surface area is 150 Å². The number of rotatable bonds is 4. The predicted octanol–water partition coefficient (Wildman–Crippen LogP) is 2.38. The van der Waals surface area contributed by atoms with Crippen LogP contribution in [-0.2, 0) is 16.1 Å². The summed E-state index contributed by atoms with van der Waals surface area (Å²) in [5, 5.41) is 0. The minimum Gasteiger partial charge on any atom is -0.363 e. The monoisotopic (exact) mass is 343 g/mol. The maximum atomic E-state index is 12.3. The lowest BCUT2D eigenvalue weighted by molar-refractivity contribution is -0.187. The third kappa shape index (κ3) is 3.58. The lowest BCUT2D eigenvalue weighted by Gasteiger charge is -2.51. The Morgan fingerprint density at radius 1 is 1.28 bits per heavy atom. The van der Waals surface area contributed by atoms with Gasteiger partial charge in [-0.05, 0) is 57.6 Å². The number of likely N-dealkylation sites (tertiary alicyclic amines) is 1. The molecule has 1 aliphatic carbocycles. The molecule has 3 aliphatic rings. The van der Waals surface area contributed by atoms with Gasteiger partial charge < -0.3 is 9.64 Å². The van der Waals surface area contributed by atoms with Gasteiger partial charge in [-0.1, -0.05) is 6.07 Å². The molecule has 0 radical (unpaired) electrons. The Kier molecular flexibility index (Phi) is 4.54. The molecule has 1 saturated carbocycles. The number of hydrogen-bond donors (Lipinski definition) is 0. The molecular weight excluding hydrogens is 314 g/mol. The van der Waals surface area contributed by atoms with Crippen LogP contribution in [0.25, 0.3) is 0 Å². The van der Waals surface area contributed by atoms with Crippen molar-refractivity contribution in [2.45, 2.75) is 57.7 Å². The maximum absolute atomic E-state index is 12.3. The fourth-order valence-corrected chi connectivity index (χ4v) is 4.32. The summed E-state index contributed by atoms with van der Waals surface area (Å²) in [5.74, 6) is 0.908. The van der Waals surface area contributed by atoms with Crippen molar-refractivity contribution >= 4 is 5.91 Å². The van der Waals surface area contributed by atoms with Crippen molar-refractivity contribution in [1.82, 2.24) is 14.8 Å². The molecule has 136 valence electrons. The SMILES string of the molecule is Cc1cccc(CN2CCC3(CC2)OCC(=O)N(CC2CC2)[C@@H]3C)n1. The summed E-state index contributed by atoms with van der Waals surface area (Å²) < 4.78 is 6.15. The van der Waals surface area contributed by atoms with Gasteiger partial charge in [0.1, 0.15) is 6.61 Å². The van der Waals surface area contributed by atoms with Crippen molar-refractivity contribution in [2.24, 2.45) is 5.92 Å². The molecule has 1 atom stereocenters. The van der Waals surface area contributed by atoms with Gasteiger partial charge in [-0.2, -0.15) is 0 Å². The van der Waals surface area contributed by atoms with Crippen molar-refractivity contribution < 1.29 is 9.53 Å². The van der Waals surface area contributed by atoms with E-state index in [0.717, 1.165) is 56.3 Å². The Morgan fingerprint density at radius 3 is 2.72 bits per heavy atom. The first kappa shape index (κ1) is 17.0. The number of morpholine rings is 1. The second-order valence-electron chi connectivity index (χ2n) is 8.07. The van der Waals surface area contributed by atoms with Crippen LogP contribution in [0.1, 0.15) is 44.0 Å². The average Bonchev–Trinajstić information content (AvgIpc) is 3.42. The van der Waals surface area contributed by atoms with Gasteiger partial charge in [0, 0.05) is 31.9 Å². The van der Waals surface area contributed by atoms with E-state index in [2.05, 4.69) is 33.8 Å². The molecule has 5 heteroatoms. The second-order valence-corrected chi connectivity index (χ2v) is 8.07. The smallest absolute Gasteiger partial charge is 0.248 e. The van der Waals surface area contributed by atoms with Gasteiger partial charge in [-0.3, -0.25) is 14.7 Å². The highest BCUT2D eigenvalue weighted by Gasteiger charge is 2.48. The summed E-state index contributed by atoms with van der Waals surface area (Å²) in [6.45, 7) is 8.33. The molecule has 1 spiro atoms. The van der Waals surface area contributed by atoms with Crippen LogP contribution in [0.15, 0.2) is 18.2 Å². The van der Waals surface area contributed by atoms with Gasteiger partial charge in [0.15, 0.2) is 0 Å². The molecule has 4 rings (SSSR count). The molecule has 3 heterocycles. The van der Waals surface area contributed by atoms with E-state index in [1.54, 1.807) is 0 Å². The average molecular weight is 343 g/mol. The number of aryl methyl sites for hydroxylation is 1. The number of ether oxygens (including phenoxy) is 1. The zero-order valence-electron chi connectivity index (χ0n) is 15.4. The number of carbonyl (C=O) groups is 1. The highest BCUT2D eigenvalue weighted by molar-refractivity contribution is 5.78. The van der Waals surface area contributed by atoms with Crippen LogP contribution in [0.2, 0.25) is 0 Å². The summed E-state index contributed by atoms with van der Waals surface area (Å²) in [5.41, 5.74) is 2.06. The van der Waals surface area contributed by atoms with Crippen molar-refractivity contribution in [1.29, 1.82) is 0 Å². The van der Waals surface area contributed by atoms with Gasteiger partial charge in [-0.25, -0.2) is 0 Å². The van der Waals surface area contributed by atoms with Crippen LogP contribution in [0.3, 0.4) is 0 Å². The fraction of sp³-hybridized carbons (Fsp3) is 0.700. The minimum absolute atomic E-state index is 0.153. The Morgan fingerprint density at radius 2 is 2.04 bits per heavy atom. The number of piperidine rings is 1. The number of aromatic nitrogens is 1. The topological polar surface area (TPSA) is 45.7 Å². The molecule has 0 N–H and O–H groups in total. The Bertz CT molecular complexity index is 636. The normalized spacial score (nSPS) is 27.0. The molecule has 3 fully saturated rings. The third-order valence-corrected chi connectivity index (χ3v) is 6.22. The van der Waals surface area contributed by atoms with E-state index < -0.39 is 0 Å². The van der Waals surface area contributed by atoms with Gasteiger partial charge in [0.05, 0.1) is 17.3 Å². The van der Waals surface area contributed by atoms with Crippen molar-refractivity contribution in [2.75, 3.05) is 26.2 Å². The van der Waals surface area contributed by atoms with Gasteiger partial charge >= 0.3 is 0 Å². The van der Waals surface area contributed by atoms with Gasteiger partial charge in [0.25, 0.3) is 0 Å². The molecule has 1 aromatic rings. The summed E-state index contributed by atoms with van der Waals surface area (Å²) in [7, 11) is 0. The Balaban J connectivity index is 1.38. The molecule has 2 saturated heterocycles. The fourth-order valence-electron chi connectivity index (χ4n) is 4.32. The van der Waals surface area contributed by atoms with Crippen molar-refractivity contribution in [3.05, 3.63) is 29.6 Å². The van der Waals surface area contributed by atoms with E-state index in [0.29, 0.717) is 0 Å². The van der Waals surface area contributed by atoms with Crippen LogP contribution >= 0.6 is 0 Å². The quantitative estimate of drug-likeness (QED) is 0.842. The summed E-state index contributed by atoms with van der Waals surface area (Å²) in [4.78, 5) is 21.5. The van der Waals surface area contributed by atoms with Crippen molar-refractivity contribution in [3.63, 3.8) is 0 Å².